The number of esters is 1. The van der Waals surface area contributed by atoms with E-state index in [1.54, 1.807) is 13.0 Å². The Balaban J connectivity index is 2.67. The molecule has 0 aliphatic carbocycles. The van der Waals surface area contributed by atoms with Gasteiger partial charge in [-0.25, -0.2) is 9.78 Å². The molecule has 0 saturated heterocycles. The molecule has 7 nitrogen and oxygen atoms in total. The number of benzene rings is 1. The van der Waals surface area contributed by atoms with Crippen molar-refractivity contribution in [3.8, 4) is 0 Å². The molecule has 0 atom stereocenters. The quantitative estimate of drug-likeness (QED) is 0.782. The Kier molecular flexibility index (Phi) is 3.58. The van der Waals surface area contributed by atoms with Crippen LogP contribution in [-0.4, -0.2) is 35.7 Å². The fraction of sp³-hybridized carbons (Fsp3) is 0.250. The minimum atomic E-state index is -3.99. The van der Waals surface area contributed by atoms with Crippen molar-refractivity contribution in [1.82, 2.24) is 14.2 Å². The van der Waals surface area contributed by atoms with Crippen molar-refractivity contribution in [2.24, 2.45) is 0 Å². The second kappa shape index (κ2) is 5.04. The van der Waals surface area contributed by atoms with Crippen molar-refractivity contribution in [2.75, 3.05) is 7.11 Å². The Morgan fingerprint density at radius 2 is 1.90 bits per heavy atom. The Morgan fingerprint density at radius 3 is 2.45 bits per heavy atom. The highest BCUT2D eigenvalue weighted by Gasteiger charge is 2.26. The molecular weight excluding hydrogens is 282 g/mol. The molecule has 0 bridgehead atoms. The summed E-state index contributed by atoms with van der Waals surface area (Å²) in [4.78, 5) is 15.5. The molecule has 2 rings (SSSR count). The second-order valence-corrected chi connectivity index (χ2v) is 5.78. The van der Waals surface area contributed by atoms with Gasteiger partial charge in [-0.05, 0) is 26.0 Å². The first-order valence-corrected chi connectivity index (χ1v) is 7.15. The molecule has 8 heteroatoms. The molecule has 0 spiro atoms. The third-order valence-corrected chi connectivity index (χ3v) is 4.35. The molecule has 2 aromatic rings. The lowest BCUT2D eigenvalue weighted by molar-refractivity contribution is 0.0596. The SMILES string of the molecule is COC(=O)c1ccccc1S(=O)(=O)n1nc(C)nc1C. The summed E-state index contributed by atoms with van der Waals surface area (Å²) in [5.41, 5.74) is -0.0393. The first kappa shape index (κ1) is 14.2. The highest BCUT2D eigenvalue weighted by molar-refractivity contribution is 7.90. The summed E-state index contributed by atoms with van der Waals surface area (Å²) >= 11 is 0. The number of carbonyl (C=O) groups excluding carboxylic acids is 1. The predicted octanol–water partition coefficient (Wildman–Crippen LogP) is 0.919. The zero-order chi connectivity index (χ0) is 14.9. The number of carbonyl (C=O) groups is 1. The maximum absolute atomic E-state index is 12.6. The molecule has 0 aliphatic rings. The highest BCUT2D eigenvalue weighted by atomic mass is 32.2. The first-order valence-electron chi connectivity index (χ1n) is 5.71. The maximum Gasteiger partial charge on any atom is 0.339 e. The molecule has 0 radical (unpaired) electrons. The lowest BCUT2D eigenvalue weighted by Crippen LogP contribution is -2.19. The highest BCUT2D eigenvalue weighted by Crippen LogP contribution is 2.19. The number of hydrogen-bond acceptors (Lipinski definition) is 6. The molecule has 1 aromatic heterocycles. The topological polar surface area (TPSA) is 91.2 Å². The summed E-state index contributed by atoms with van der Waals surface area (Å²) in [5, 5.41) is 3.85. The van der Waals surface area contributed by atoms with Gasteiger partial charge in [0.15, 0.2) is 0 Å². The molecule has 1 aromatic carbocycles. The largest absolute Gasteiger partial charge is 0.465 e. The number of nitrogens with zero attached hydrogens (tertiary/aromatic N) is 3. The Bertz CT molecular complexity index is 765. The summed E-state index contributed by atoms with van der Waals surface area (Å²) in [5.74, 6) is -0.164. The molecule has 0 fully saturated rings. The molecule has 1 heterocycles. The molecule has 106 valence electrons. The minimum absolute atomic E-state index is 0.0393. The molecule has 0 saturated carbocycles. The van der Waals surface area contributed by atoms with Crippen LogP contribution in [0.25, 0.3) is 0 Å². The summed E-state index contributed by atoms with van der Waals surface area (Å²) in [6.45, 7) is 3.11. The Hall–Kier alpha value is -2.22. The van der Waals surface area contributed by atoms with Gasteiger partial charge in [-0.15, -0.1) is 9.19 Å². The minimum Gasteiger partial charge on any atom is -0.465 e. The van der Waals surface area contributed by atoms with Crippen molar-refractivity contribution >= 4 is 16.0 Å². The summed E-state index contributed by atoms with van der Waals surface area (Å²) in [7, 11) is -2.80. The molecule has 20 heavy (non-hydrogen) atoms. The van der Waals surface area contributed by atoms with Crippen molar-refractivity contribution in [2.45, 2.75) is 18.7 Å². The van der Waals surface area contributed by atoms with Crippen molar-refractivity contribution in [1.29, 1.82) is 0 Å². The molecule has 0 unspecified atom stereocenters. The predicted molar refractivity (Wildman–Crippen MR) is 69.9 cm³/mol. The van der Waals surface area contributed by atoms with Crippen LogP contribution in [0, 0.1) is 13.8 Å². The van der Waals surface area contributed by atoms with E-state index < -0.39 is 16.0 Å². The number of aryl methyl sites for hydroxylation is 2. The van der Waals surface area contributed by atoms with Crippen molar-refractivity contribution in [3.63, 3.8) is 0 Å². The van der Waals surface area contributed by atoms with Crippen LogP contribution in [-0.2, 0) is 14.8 Å². The van der Waals surface area contributed by atoms with Crippen LogP contribution in [0.15, 0.2) is 29.2 Å². The van der Waals surface area contributed by atoms with Crippen LogP contribution in [0.2, 0.25) is 0 Å². The van der Waals surface area contributed by atoms with Gasteiger partial charge in [-0.2, -0.15) is 8.42 Å². The molecule has 0 aliphatic heterocycles. The average molecular weight is 295 g/mol. The van der Waals surface area contributed by atoms with Gasteiger partial charge in [0.2, 0.25) is 0 Å². The van der Waals surface area contributed by atoms with E-state index >= 15 is 0 Å². The van der Waals surface area contributed by atoms with Crippen molar-refractivity contribution < 1.29 is 17.9 Å². The fourth-order valence-corrected chi connectivity index (χ4v) is 3.27. The van der Waals surface area contributed by atoms with Crippen molar-refractivity contribution in [3.05, 3.63) is 41.5 Å². The van der Waals surface area contributed by atoms with Gasteiger partial charge in [0.1, 0.15) is 16.5 Å². The maximum atomic E-state index is 12.6. The van der Waals surface area contributed by atoms with Gasteiger partial charge >= 0.3 is 5.97 Å². The number of methoxy groups -OCH3 is 1. The Labute approximate surface area is 116 Å². The summed E-state index contributed by atoms with van der Waals surface area (Å²) in [6.07, 6.45) is 0. The zero-order valence-corrected chi connectivity index (χ0v) is 12.0. The standard InChI is InChI=1S/C12H13N3O4S/c1-8-13-9(2)15(14-8)20(17,18)11-7-5-4-6-10(11)12(16)19-3/h4-7H,1-3H3. The smallest absolute Gasteiger partial charge is 0.339 e. The third kappa shape index (κ3) is 2.29. The van der Waals surface area contributed by atoms with E-state index in [0.717, 1.165) is 4.09 Å². The molecule has 0 amide bonds. The van der Waals surface area contributed by atoms with E-state index in [4.69, 9.17) is 0 Å². The van der Waals surface area contributed by atoms with Gasteiger partial charge in [0.05, 0.1) is 12.7 Å². The Morgan fingerprint density at radius 1 is 1.25 bits per heavy atom. The van der Waals surface area contributed by atoms with Crippen LogP contribution < -0.4 is 0 Å². The van der Waals surface area contributed by atoms with E-state index in [1.165, 1.54) is 32.2 Å². The lowest BCUT2D eigenvalue weighted by atomic mass is 10.2. The van der Waals surface area contributed by atoms with E-state index in [9.17, 15) is 13.2 Å². The zero-order valence-electron chi connectivity index (χ0n) is 11.2. The van der Waals surface area contributed by atoms with E-state index in [1.807, 2.05) is 0 Å². The summed E-state index contributed by atoms with van der Waals surface area (Å²) in [6, 6.07) is 5.80. The van der Waals surface area contributed by atoms with Crippen LogP contribution >= 0.6 is 0 Å². The summed E-state index contributed by atoms with van der Waals surface area (Å²) < 4.78 is 30.5. The van der Waals surface area contributed by atoms with Gasteiger partial charge < -0.3 is 4.74 Å². The van der Waals surface area contributed by atoms with Gasteiger partial charge in [0.25, 0.3) is 10.0 Å². The monoisotopic (exact) mass is 295 g/mol. The second-order valence-electron chi connectivity index (χ2n) is 4.04. The van der Waals surface area contributed by atoms with Crippen LogP contribution in [0.3, 0.4) is 0 Å². The first-order chi connectivity index (χ1) is 9.37. The van der Waals surface area contributed by atoms with Crippen LogP contribution in [0.5, 0.6) is 0 Å². The van der Waals surface area contributed by atoms with Gasteiger partial charge in [0, 0.05) is 0 Å². The van der Waals surface area contributed by atoms with E-state index in [2.05, 4.69) is 14.8 Å². The number of ether oxygens (including phenoxy) is 1. The number of hydrogen-bond donors (Lipinski definition) is 0. The fourth-order valence-electron chi connectivity index (χ4n) is 1.79. The molecule has 0 N–H and O–H groups in total. The molecular formula is C12H13N3O4S. The van der Waals surface area contributed by atoms with E-state index in [0.29, 0.717) is 5.82 Å². The van der Waals surface area contributed by atoms with Gasteiger partial charge in [-0.3, -0.25) is 0 Å². The lowest BCUT2D eigenvalue weighted by Gasteiger charge is -2.09. The number of rotatable bonds is 3. The van der Waals surface area contributed by atoms with E-state index in [-0.39, 0.29) is 16.3 Å². The average Bonchev–Trinajstić information content (AvgIpc) is 2.77. The number of aromatic nitrogens is 3. The van der Waals surface area contributed by atoms with Crippen LogP contribution in [0.1, 0.15) is 22.0 Å². The van der Waals surface area contributed by atoms with Gasteiger partial charge in [-0.1, -0.05) is 12.1 Å². The van der Waals surface area contributed by atoms with Crippen LogP contribution in [0.4, 0.5) is 0 Å². The normalized spacial score (nSPS) is 11.3. The third-order valence-electron chi connectivity index (χ3n) is 2.63.